The van der Waals surface area contributed by atoms with Crippen molar-refractivity contribution in [2.24, 2.45) is 11.7 Å². The first-order valence-corrected chi connectivity index (χ1v) is 10.8. The van der Waals surface area contributed by atoms with E-state index < -0.39 is 39.5 Å². The Morgan fingerprint density at radius 1 is 1.00 bits per heavy atom. The van der Waals surface area contributed by atoms with E-state index in [0.717, 1.165) is 0 Å². The van der Waals surface area contributed by atoms with Crippen LogP contribution in [0.15, 0.2) is 59.5 Å². The number of carbonyl (C=O) groups excluding carboxylic acids is 2. The number of carbonyl (C=O) groups is 2. The Kier molecular flexibility index (Phi) is 9.92. The van der Waals surface area contributed by atoms with Crippen LogP contribution in [0.3, 0.4) is 0 Å². The van der Waals surface area contributed by atoms with E-state index in [1.165, 1.54) is 29.7 Å². The van der Waals surface area contributed by atoms with Gasteiger partial charge in [0.2, 0.25) is 5.91 Å². The Hall–Kier alpha value is -2.66. The molecule has 0 aliphatic heterocycles. The number of ether oxygens (including phenoxy) is 1. The molecule has 0 aliphatic carbocycles. The van der Waals surface area contributed by atoms with E-state index in [0.29, 0.717) is 11.5 Å². The van der Waals surface area contributed by atoms with Gasteiger partial charge in [0.15, 0.2) is 9.84 Å². The van der Waals surface area contributed by atoms with Crippen LogP contribution in [0.5, 0.6) is 11.5 Å². The van der Waals surface area contributed by atoms with Crippen molar-refractivity contribution in [3.05, 3.63) is 54.6 Å². The molecule has 2 aromatic carbocycles. The number of para-hydroxylation sites is 1. The van der Waals surface area contributed by atoms with E-state index in [-0.39, 0.29) is 23.2 Å². The maximum atomic E-state index is 12.7. The van der Waals surface area contributed by atoms with Crippen LogP contribution in [0.1, 0.15) is 13.8 Å². The zero-order valence-electron chi connectivity index (χ0n) is 17.0. The highest BCUT2D eigenvalue weighted by Crippen LogP contribution is 2.23. The number of nitrogens with two attached hydrogens (primary N) is 1. The molecule has 0 aromatic heterocycles. The maximum absolute atomic E-state index is 12.7. The molecule has 2 rings (SSSR count). The van der Waals surface area contributed by atoms with Gasteiger partial charge in [-0.3, -0.25) is 14.8 Å². The lowest BCUT2D eigenvalue weighted by Crippen LogP contribution is -2.54. The summed E-state index contributed by atoms with van der Waals surface area (Å²) in [5.41, 5.74) is 7.11. The van der Waals surface area contributed by atoms with Crippen LogP contribution in [0, 0.1) is 5.92 Å². The molecule has 0 heterocycles. The molecule has 11 heteroatoms. The first-order valence-electron chi connectivity index (χ1n) is 9.19. The largest absolute Gasteiger partial charge is 0.457 e. The zero-order chi connectivity index (χ0) is 22.3. The fourth-order valence-corrected chi connectivity index (χ4v) is 3.90. The van der Waals surface area contributed by atoms with E-state index in [2.05, 4.69) is 5.32 Å². The number of sulfone groups is 1. The molecule has 2 atom stereocenters. The molecule has 9 nitrogen and oxygen atoms in total. The van der Waals surface area contributed by atoms with Crippen molar-refractivity contribution in [3.63, 3.8) is 0 Å². The molecule has 0 saturated carbocycles. The van der Waals surface area contributed by atoms with Crippen LogP contribution in [0.25, 0.3) is 0 Å². The molecule has 0 saturated heterocycles. The van der Waals surface area contributed by atoms with Crippen LogP contribution < -0.4 is 21.3 Å². The predicted molar refractivity (Wildman–Crippen MR) is 117 cm³/mol. The predicted octanol–water partition coefficient (Wildman–Crippen LogP) is 1.65. The first-order chi connectivity index (χ1) is 14.1. The molecule has 170 valence electrons. The molecule has 0 radical (unpaired) electrons. The van der Waals surface area contributed by atoms with Crippen molar-refractivity contribution >= 4 is 34.1 Å². The first kappa shape index (κ1) is 26.4. The van der Waals surface area contributed by atoms with Crippen molar-refractivity contribution in [2.75, 3.05) is 5.75 Å². The Morgan fingerprint density at radius 3 is 2.06 bits per heavy atom. The highest BCUT2D eigenvalue weighted by molar-refractivity contribution is 7.91. The highest BCUT2D eigenvalue weighted by Gasteiger charge is 2.30. The van der Waals surface area contributed by atoms with Gasteiger partial charge in [-0.2, -0.15) is 0 Å². The molecular weight excluding hydrogens is 446 g/mol. The molecule has 0 unspecified atom stereocenters. The number of hydroxylamine groups is 1. The highest BCUT2D eigenvalue weighted by atomic mass is 35.5. The van der Waals surface area contributed by atoms with Gasteiger partial charge in [0.05, 0.1) is 16.7 Å². The van der Waals surface area contributed by atoms with Crippen molar-refractivity contribution in [1.29, 1.82) is 0 Å². The van der Waals surface area contributed by atoms with Crippen LogP contribution in [0.2, 0.25) is 0 Å². The molecule has 2 amide bonds. The Balaban J connectivity index is 0.00000480. The second-order valence-electron chi connectivity index (χ2n) is 6.97. The van der Waals surface area contributed by atoms with Gasteiger partial charge in [-0.25, -0.2) is 13.9 Å². The standard InChI is InChI=1S/C20H25N3O6S.ClH/c1-13(2)18(21)20(25)22-17(19(24)23-26)12-30(27,28)16-10-8-15(9-11-16)29-14-6-4-3-5-7-14;/h3-11,13,17-18,26H,12,21H2,1-2H3,(H,22,25)(H,23,24);1H/t17-,18-;/m0./s1. The van der Waals surface area contributed by atoms with E-state index in [9.17, 15) is 18.0 Å². The quantitative estimate of drug-likeness (QED) is 0.321. The summed E-state index contributed by atoms with van der Waals surface area (Å²) >= 11 is 0. The van der Waals surface area contributed by atoms with Crippen molar-refractivity contribution in [3.8, 4) is 11.5 Å². The third-order valence-corrected chi connectivity index (χ3v) is 6.07. The minimum absolute atomic E-state index is 0. The van der Waals surface area contributed by atoms with Gasteiger partial charge in [-0.15, -0.1) is 12.4 Å². The van der Waals surface area contributed by atoms with Crippen LogP contribution in [0.4, 0.5) is 0 Å². The minimum atomic E-state index is -3.98. The average Bonchev–Trinajstić information content (AvgIpc) is 2.73. The molecule has 0 fully saturated rings. The van der Waals surface area contributed by atoms with Crippen LogP contribution in [-0.2, 0) is 19.4 Å². The summed E-state index contributed by atoms with van der Waals surface area (Å²) in [7, 11) is -3.98. The smallest absolute Gasteiger partial charge is 0.266 e. The average molecular weight is 472 g/mol. The Morgan fingerprint density at radius 2 is 1.55 bits per heavy atom. The summed E-state index contributed by atoms with van der Waals surface area (Å²) in [4.78, 5) is 24.0. The van der Waals surface area contributed by atoms with Crippen molar-refractivity contribution < 1.29 is 28.0 Å². The zero-order valence-corrected chi connectivity index (χ0v) is 18.7. The van der Waals surface area contributed by atoms with Gasteiger partial charge in [0.1, 0.15) is 17.5 Å². The number of rotatable bonds is 9. The van der Waals surface area contributed by atoms with Gasteiger partial charge < -0.3 is 15.8 Å². The van der Waals surface area contributed by atoms with E-state index in [1.54, 1.807) is 38.1 Å². The fourth-order valence-electron chi connectivity index (χ4n) is 2.49. The lowest BCUT2D eigenvalue weighted by Gasteiger charge is -2.21. The van der Waals surface area contributed by atoms with Gasteiger partial charge >= 0.3 is 0 Å². The lowest BCUT2D eigenvalue weighted by molar-refractivity contribution is -0.134. The number of hydrogen-bond acceptors (Lipinski definition) is 7. The van der Waals surface area contributed by atoms with Gasteiger partial charge in [-0.05, 0) is 42.3 Å². The van der Waals surface area contributed by atoms with Gasteiger partial charge in [0.25, 0.3) is 5.91 Å². The molecule has 31 heavy (non-hydrogen) atoms. The topological polar surface area (TPSA) is 148 Å². The monoisotopic (exact) mass is 471 g/mol. The van der Waals surface area contributed by atoms with Crippen molar-refractivity contribution in [2.45, 2.75) is 30.8 Å². The number of nitrogens with one attached hydrogen (secondary N) is 2. The summed E-state index contributed by atoms with van der Waals surface area (Å²) in [5.74, 6) is -1.71. The van der Waals surface area contributed by atoms with E-state index in [1.807, 2.05) is 6.07 Å². The van der Waals surface area contributed by atoms with Gasteiger partial charge in [0, 0.05) is 0 Å². The lowest BCUT2D eigenvalue weighted by atomic mass is 10.0. The third kappa shape index (κ3) is 7.51. The SMILES string of the molecule is CC(C)[C@H](N)C(=O)N[C@@H](CS(=O)(=O)c1ccc(Oc2ccccc2)cc1)C(=O)NO.Cl. The molecule has 2 aromatic rings. The van der Waals surface area contributed by atoms with Crippen LogP contribution >= 0.6 is 12.4 Å². The number of amides is 2. The maximum Gasteiger partial charge on any atom is 0.266 e. The van der Waals surface area contributed by atoms with E-state index in [4.69, 9.17) is 15.7 Å². The summed E-state index contributed by atoms with van der Waals surface area (Å²) in [5, 5.41) is 11.2. The van der Waals surface area contributed by atoms with Gasteiger partial charge in [-0.1, -0.05) is 32.0 Å². The summed E-state index contributed by atoms with van der Waals surface area (Å²) in [6.45, 7) is 3.42. The summed E-state index contributed by atoms with van der Waals surface area (Å²) in [6, 6.07) is 12.2. The Labute approximate surface area is 187 Å². The molecular formula is C20H26ClN3O6S. The third-order valence-electron chi connectivity index (χ3n) is 4.31. The number of hydrogen-bond donors (Lipinski definition) is 4. The van der Waals surface area contributed by atoms with Crippen molar-refractivity contribution in [1.82, 2.24) is 10.8 Å². The minimum Gasteiger partial charge on any atom is -0.457 e. The fraction of sp³-hybridized carbons (Fsp3) is 0.300. The van der Waals surface area contributed by atoms with E-state index >= 15 is 0 Å². The number of benzene rings is 2. The second-order valence-corrected chi connectivity index (χ2v) is 9.01. The molecule has 5 N–H and O–H groups in total. The molecule has 0 bridgehead atoms. The Bertz CT molecular complexity index is 968. The summed E-state index contributed by atoms with van der Waals surface area (Å²) < 4.78 is 31.1. The second kappa shape index (κ2) is 11.7. The molecule has 0 aliphatic rings. The normalized spacial score (nSPS) is 12.9. The van der Waals surface area contributed by atoms with Crippen LogP contribution in [-0.4, -0.2) is 43.3 Å². The summed E-state index contributed by atoms with van der Waals surface area (Å²) in [6.07, 6.45) is 0. The molecule has 0 spiro atoms. The number of halogens is 1.